The Morgan fingerprint density at radius 1 is 1.17 bits per heavy atom. The van der Waals surface area contributed by atoms with Crippen LogP contribution in [0.25, 0.3) is 0 Å². The summed E-state index contributed by atoms with van der Waals surface area (Å²) < 4.78 is 20.9. The maximum Gasteiger partial charge on any atom is 0.356 e. The first-order valence-corrected chi connectivity index (χ1v) is 6.86. The smallest absolute Gasteiger partial charge is 0.356 e. The Morgan fingerprint density at radius 2 is 1.96 bits per heavy atom. The molecule has 0 radical (unpaired) electrons. The zero-order valence-electron chi connectivity index (χ0n) is 13.2. The van der Waals surface area contributed by atoms with E-state index < -0.39 is 12.3 Å². The number of esters is 1. The third kappa shape index (κ3) is 4.24. The van der Waals surface area contributed by atoms with Crippen molar-refractivity contribution in [3.63, 3.8) is 0 Å². The Morgan fingerprint density at radius 3 is 2.65 bits per heavy atom. The van der Waals surface area contributed by atoms with Crippen molar-refractivity contribution in [1.29, 1.82) is 0 Å². The summed E-state index contributed by atoms with van der Waals surface area (Å²) in [6.45, 7) is 0.170. The third-order valence-corrected chi connectivity index (χ3v) is 3.08. The largest absolute Gasteiger partial charge is 0.485 e. The molecule has 7 heteroatoms. The van der Waals surface area contributed by atoms with E-state index in [-0.39, 0.29) is 12.3 Å². The van der Waals surface area contributed by atoms with Crippen molar-refractivity contribution in [3.8, 4) is 5.75 Å². The molecule has 0 N–H and O–H groups in total. The van der Waals surface area contributed by atoms with Crippen molar-refractivity contribution in [2.45, 2.75) is 12.9 Å². The van der Waals surface area contributed by atoms with Gasteiger partial charge in [0.2, 0.25) is 0 Å². The second kappa shape index (κ2) is 8.21. The van der Waals surface area contributed by atoms with Crippen molar-refractivity contribution in [2.24, 2.45) is 0 Å². The van der Waals surface area contributed by atoms with Crippen molar-refractivity contribution >= 4 is 5.97 Å². The van der Waals surface area contributed by atoms with Crippen LogP contribution >= 0.6 is 0 Å². The predicted octanol–water partition coefficient (Wildman–Crippen LogP) is 2.13. The van der Waals surface area contributed by atoms with Gasteiger partial charge < -0.3 is 18.9 Å². The molecular weight excluding hydrogens is 300 g/mol. The molecule has 0 saturated heterocycles. The number of pyridine rings is 2. The first-order chi connectivity index (χ1) is 11.2. The second-order valence-electron chi connectivity index (χ2n) is 4.51. The van der Waals surface area contributed by atoms with Gasteiger partial charge in [-0.25, -0.2) is 9.78 Å². The van der Waals surface area contributed by atoms with E-state index in [0.717, 1.165) is 0 Å². The maximum atomic E-state index is 11.5. The lowest BCUT2D eigenvalue weighted by molar-refractivity contribution is -0.107. The fourth-order valence-electron chi connectivity index (χ4n) is 1.99. The highest BCUT2D eigenvalue weighted by atomic mass is 16.7. The number of rotatable bonds is 7. The minimum atomic E-state index is -0.553. The standard InChI is InChI=1S/C16H18N2O5/c1-20-15(19)13-6-4-5-11(18-13)10-23-14-9-17-8-7-12(14)16(21-2)22-3/h4-9,16H,10H2,1-3H3. The third-order valence-electron chi connectivity index (χ3n) is 3.08. The van der Waals surface area contributed by atoms with Crippen LogP contribution in [-0.4, -0.2) is 37.3 Å². The van der Waals surface area contributed by atoms with Crippen LogP contribution in [0, 0.1) is 0 Å². The molecule has 0 aromatic carbocycles. The molecule has 0 unspecified atom stereocenters. The fraction of sp³-hybridized carbons (Fsp3) is 0.312. The molecule has 0 spiro atoms. The van der Waals surface area contributed by atoms with E-state index in [4.69, 9.17) is 14.2 Å². The van der Waals surface area contributed by atoms with Crippen LogP contribution in [0.5, 0.6) is 5.75 Å². The van der Waals surface area contributed by atoms with Crippen molar-refractivity contribution in [2.75, 3.05) is 21.3 Å². The molecule has 0 atom stereocenters. The summed E-state index contributed by atoms with van der Waals surface area (Å²) in [5.74, 6) is 0.0271. The number of carbonyl (C=O) groups excluding carboxylic acids is 1. The molecule has 0 aliphatic rings. The van der Waals surface area contributed by atoms with Crippen LogP contribution in [-0.2, 0) is 20.8 Å². The van der Waals surface area contributed by atoms with Crippen molar-refractivity contribution in [3.05, 3.63) is 53.6 Å². The fourth-order valence-corrected chi connectivity index (χ4v) is 1.99. The monoisotopic (exact) mass is 318 g/mol. The summed E-state index contributed by atoms with van der Waals surface area (Å²) >= 11 is 0. The maximum absolute atomic E-state index is 11.5. The van der Waals surface area contributed by atoms with Crippen molar-refractivity contribution < 1.29 is 23.7 Å². The Hall–Kier alpha value is -2.51. The lowest BCUT2D eigenvalue weighted by Crippen LogP contribution is -2.09. The molecule has 2 aromatic rings. The van der Waals surface area contributed by atoms with E-state index in [1.807, 2.05) is 0 Å². The molecule has 7 nitrogen and oxygen atoms in total. The lowest BCUT2D eigenvalue weighted by Gasteiger charge is -2.17. The van der Waals surface area contributed by atoms with E-state index in [1.165, 1.54) is 7.11 Å². The van der Waals surface area contributed by atoms with Gasteiger partial charge in [0, 0.05) is 20.4 Å². The molecule has 0 bridgehead atoms. The summed E-state index contributed by atoms with van der Waals surface area (Å²) in [6, 6.07) is 6.81. The molecular formula is C16H18N2O5. The number of methoxy groups -OCH3 is 3. The number of carbonyl (C=O) groups is 1. The van der Waals surface area contributed by atoms with Gasteiger partial charge in [-0.3, -0.25) is 4.98 Å². The number of ether oxygens (including phenoxy) is 4. The lowest BCUT2D eigenvalue weighted by atomic mass is 10.2. The molecule has 2 rings (SSSR count). The zero-order valence-corrected chi connectivity index (χ0v) is 13.2. The summed E-state index contributed by atoms with van der Waals surface area (Å²) in [7, 11) is 4.39. The summed E-state index contributed by atoms with van der Waals surface area (Å²) in [4.78, 5) is 19.7. The van der Waals surface area contributed by atoms with Crippen molar-refractivity contribution in [1.82, 2.24) is 9.97 Å². The van der Waals surface area contributed by atoms with Crippen LogP contribution in [0.3, 0.4) is 0 Å². The van der Waals surface area contributed by atoms with Gasteiger partial charge in [-0.1, -0.05) is 6.07 Å². The van der Waals surface area contributed by atoms with Gasteiger partial charge >= 0.3 is 5.97 Å². The minimum Gasteiger partial charge on any atom is -0.485 e. The Balaban J connectivity index is 2.14. The molecule has 0 saturated carbocycles. The highest BCUT2D eigenvalue weighted by Crippen LogP contribution is 2.27. The highest BCUT2D eigenvalue weighted by Gasteiger charge is 2.15. The molecule has 23 heavy (non-hydrogen) atoms. The number of hydrogen-bond donors (Lipinski definition) is 0. The van der Waals surface area contributed by atoms with Crippen LogP contribution in [0.1, 0.15) is 28.0 Å². The van der Waals surface area contributed by atoms with Gasteiger partial charge in [-0.05, 0) is 18.2 Å². The minimum absolute atomic E-state index is 0.170. The van der Waals surface area contributed by atoms with Gasteiger partial charge in [0.15, 0.2) is 6.29 Å². The topological polar surface area (TPSA) is 79.8 Å². The molecule has 0 aliphatic carbocycles. The molecule has 0 fully saturated rings. The first kappa shape index (κ1) is 16.9. The number of aromatic nitrogens is 2. The molecule has 0 aliphatic heterocycles. The highest BCUT2D eigenvalue weighted by molar-refractivity contribution is 5.87. The zero-order chi connectivity index (χ0) is 16.7. The predicted molar refractivity (Wildman–Crippen MR) is 80.9 cm³/mol. The quantitative estimate of drug-likeness (QED) is 0.571. The average molecular weight is 318 g/mol. The van der Waals surface area contributed by atoms with Crippen LogP contribution < -0.4 is 4.74 Å². The number of nitrogens with zero attached hydrogens (tertiary/aromatic N) is 2. The van der Waals surface area contributed by atoms with E-state index in [9.17, 15) is 4.79 Å². The normalized spacial score (nSPS) is 10.6. The van der Waals surface area contributed by atoms with Gasteiger partial charge in [0.25, 0.3) is 0 Å². The SMILES string of the molecule is COC(=O)c1cccc(COc2cnccc2C(OC)OC)n1. The van der Waals surface area contributed by atoms with Crippen LogP contribution in [0.15, 0.2) is 36.7 Å². The van der Waals surface area contributed by atoms with E-state index in [2.05, 4.69) is 14.7 Å². The van der Waals surface area contributed by atoms with E-state index in [1.54, 1.807) is 50.9 Å². The summed E-state index contributed by atoms with van der Waals surface area (Å²) in [6.07, 6.45) is 2.65. The van der Waals surface area contributed by atoms with E-state index >= 15 is 0 Å². The number of hydrogen-bond acceptors (Lipinski definition) is 7. The molecule has 2 aromatic heterocycles. The Kier molecular flexibility index (Phi) is 6.02. The second-order valence-corrected chi connectivity index (χ2v) is 4.51. The average Bonchev–Trinajstić information content (AvgIpc) is 2.61. The molecule has 0 amide bonds. The van der Waals surface area contributed by atoms with Gasteiger partial charge in [-0.15, -0.1) is 0 Å². The first-order valence-electron chi connectivity index (χ1n) is 6.86. The van der Waals surface area contributed by atoms with Gasteiger partial charge in [0.05, 0.1) is 24.6 Å². The van der Waals surface area contributed by atoms with Crippen LogP contribution in [0.2, 0.25) is 0 Å². The molecule has 2 heterocycles. The van der Waals surface area contributed by atoms with Crippen LogP contribution in [0.4, 0.5) is 0 Å². The Bertz CT molecular complexity index is 658. The van der Waals surface area contributed by atoms with E-state index in [0.29, 0.717) is 17.0 Å². The summed E-state index contributed by atoms with van der Waals surface area (Å²) in [5.41, 5.74) is 1.54. The molecule has 122 valence electrons. The van der Waals surface area contributed by atoms with Gasteiger partial charge in [0.1, 0.15) is 18.1 Å². The Labute approximate surface area is 134 Å². The summed E-state index contributed by atoms with van der Waals surface area (Å²) in [5, 5.41) is 0. The van der Waals surface area contributed by atoms with Gasteiger partial charge in [-0.2, -0.15) is 0 Å².